The largest absolute Gasteiger partial charge is 0.379 e. The van der Waals surface area contributed by atoms with Crippen LogP contribution in [-0.2, 0) is 10.2 Å². The van der Waals surface area contributed by atoms with Crippen molar-refractivity contribution in [2.75, 3.05) is 26.3 Å². The Morgan fingerprint density at radius 2 is 1.75 bits per heavy atom. The number of morpholine rings is 1. The molecule has 1 heterocycles. The molecular weight excluding hydrogens is 248 g/mol. The summed E-state index contributed by atoms with van der Waals surface area (Å²) in [4.78, 5) is 2.55. The Bertz CT molecular complexity index is 466. The molecule has 0 amide bonds. The van der Waals surface area contributed by atoms with Gasteiger partial charge in [0.2, 0.25) is 0 Å². The lowest BCUT2D eigenvalue weighted by molar-refractivity contribution is 0.00507. The van der Waals surface area contributed by atoms with E-state index in [0.717, 1.165) is 52.0 Å². The van der Waals surface area contributed by atoms with Crippen LogP contribution in [0.3, 0.4) is 0 Å². The fourth-order valence-electron chi connectivity index (χ4n) is 3.63. The molecule has 0 atom stereocenters. The first-order chi connectivity index (χ1) is 9.84. The van der Waals surface area contributed by atoms with Crippen LogP contribution in [0, 0.1) is 11.3 Å². The molecule has 0 bridgehead atoms. The highest BCUT2D eigenvalue weighted by atomic mass is 16.5. The molecule has 2 fully saturated rings. The van der Waals surface area contributed by atoms with Crippen LogP contribution < -0.4 is 0 Å². The molecular formula is C17H22N2O. The molecule has 1 aliphatic carbocycles. The Labute approximate surface area is 121 Å². The van der Waals surface area contributed by atoms with E-state index >= 15 is 0 Å². The van der Waals surface area contributed by atoms with Crippen LogP contribution in [0.4, 0.5) is 0 Å². The van der Waals surface area contributed by atoms with Gasteiger partial charge in [0.1, 0.15) is 0 Å². The Hall–Kier alpha value is -1.37. The molecule has 0 aromatic heterocycles. The zero-order valence-electron chi connectivity index (χ0n) is 11.9. The summed E-state index contributed by atoms with van der Waals surface area (Å²) in [5, 5.41) is 9.71. The first-order valence-electron chi connectivity index (χ1n) is 7.63. The molecule has 1 saturated heterocycles. The van der Waals surface area contributed by atoms with E-state index < -0.39 is 0 Å². The summed E-state index contributed by atoms with van der Waals surface area (Å²) < 4.78 is 5.43. The average molecular weight is 270 g/mol. The molecule has 1 aromatic rings. The van der Waals surface area contributed by atoms with Crippen LogP contribution >= 0.6 is 0 Å². The van der Waals surface area contributed by atoms with E-state index in [1.165, 1.54) is 5.56 Å². The third kappa shape index (κ3) is 2.59. The van der Waals surface area contributed by atoms with Crippen molar-refractivity contribution in [2.45, 2.75) is 37.1 Å². The lowest BCUT2D eigenvalue weighted by Gasteiger charge is -2.41. The van der Waals surface area contributed by atoms with E-state index in [1.807, 2.05) is 18.2 Å². The van der Waals surface area contributed by atoms with Crippen molar-refractivity contribution in [3.63, 3.8) is 0 Å². The average Bonchev–Trinajstić information content (AvgIpc) is 2.56. The number of nitriles is 1. The zero-order chi connectivity index (χ0) is 13.8. The van der Waals surface area contributed by atoms with Crippen LogP contribution in [0.2, 0.25) is 0 Å². The smallest absolute Gasteiger partial charge is 0.0823 e. The van der Waals surface area contributed by atoms with Crippen molar-refractivity contribution >= 4 is 0 Å². The van der Waals surface area contributed by atoms with Crippen molar-refractivity contribution in [2.24, 2.45) is 0 Å². The molecule has 0 unspecified atom stereocenters. The minimum Gasteiger partial charge on any atom is -0.379 e. The van der Waals surface area contributed by atoms with Gasteiger partial charge in [-0.15, -0.1) is 0 Å². The van der Waals surface area contributed by atoms with Crippen molar-refractivity contribution in [3.8, 4) is 6.07 Å². The molecule has 0 radical (unpaired) electrons. The summed E-state index contributed by atoms with van der Waals surface area (Å²) in [5.74, 6) is 0. The lowest BCUT2D eigenvalue weighted by Crippen LogP contribution is -2.47. The summed E-state index contributed by atoms with van der Waals surface area (Å²) in [7, 11) is 0. The molecule has 1 aromatic carbocycles. The number of nitrogens with zero attached hydrogens (tertiary/aromatic N) is 2. The van der Waals surface area contributed by atoms with Crippen molar-refractivity contribution in [3.05, 3.63) is 35.9 Å². The van der Waals surface area contributed by atoms with Gasteiger partial charge in [0.05, 0.1) is 24.7 Å². The molecule has 3 rings (SSSR count). The standard InChI is InChI=1S/C17H22N2O/c18-14-17(15-4-2-1-3-5-15)8-6-16(7-9-17)19-10-12-20-13-11-19/h1-5,16H,6-13H2. The van der Waals surface area contributed by atoms with E-state index in [9.17, 15) is 5.26 Å². The van der Waals surface area contributed by atoms with Gasteiger partial charge >= 0.3 is 0 Å². The van der Waals surface area contributed by atoms with Crippen molar-refractivity contribution < 1.29 is 4.74 Å². The van der Waals surface area contributed by atoms with Crippen LogP contribution in [0.5, 0.6) is 0 Å². The highest BCUT2D eigenvalue weighted by Gasteiger charge is 2.38. The van der Waals surface area contributed by atoms with Crippen LogP contribution in [0.25, 0.3) is 0 Å². The Balaban J connectivity index is 1.68. The van der Waals surface area contributed by atoms with Crippen molar-refractivity contribution in [1.82, 2.24) is 4.90 Å². The van der Waals surface area contributed by atoms with E-state index in [2.05, 4.69) is 23.1 Å². The molecule has 2 aliphatic rings. The highest BCUT2D eigenvalue weighted by molar-refractivity contribution is 5.33. The summed E-state index contributed by atoms with van der Waals surface area (Å²) in [6, 6.07) is 13.6. The Kier molecular flexibility index (Phi) is 4.05. The lowest BCUT2D eigenvalue weighted by atomic mass is 9.69. The maximum atomic E-state index is 9.71. The molecule has 3 heteroatoms. The number of hydrogen-bond acceptors (Lipinski definition) is 3. The van der Waals surface area contributed by atoms with Gasteiger partial charge in [-0.2, -0.15) is 5.26 Å². The molecule has 1 aliphatic heterocycles. The molecule has 106 valence electrons. The highest BCUT2D eigenvalue weighted by Crippen LogP contribution is 2.40. The summed E-state index contributed by atoms with van der Waals surface area (Å²) in [5.41, 5.74) is 0.937. The second kappa shape index (κ2) is 5.95. The van der Waals surface area contributed by atoms with Gasteiger partial charge in [0, 0.05) is 19.1 Å². The summed E-state index contributed by atoms with van der Waals surface area (Å²) >= 11 is 0. The minimum absolute atomic E-state index is 0.260. The SMILES string of the molecule is N#CC1(c2ccccc2)CCC(N2CCOCC2)CC1. The third-order valence-electron chi connectivity index (χ3n) is 4.91. The molecule has 0 spiro atoms. The van der Waals surface area contributed by atoms with E-state index in [1.54, 1.807) is 0 Å². The minimum atomic E-state index is -0.260. The zero-order valence-corrected chi connectivity index (χ0v) is 11.9. The second-order valence-corrected chi connectivity index (χ2v) is 5.94. The quantitative estimate of drug-likeness (QED) is 0.829. The number of ether oxygens (including phenoxy) is 1. The molecule has 3 nitrogen and oxygen atoms in total. The molecule has 0 N–H and O–H groups in total. The van der Waals surface area contributed by atoms with E-state index in [0.29, 0.717) is 6.04 Å². The predicted molar refractivity (Wildman–Crippen MR) is 78.4 cm³/mol. The van der Waals surface area contributed by atoms with Gasteiger partial charge in [-0.25, -0.2) is 0 Å². The number of benzene rings is 1. The fourth-order valence-corrected chi connectivity index (χ4v) is 3.63. The van der Waals surface area contributed by atoms with Crippen LogP contribution in [0.15, 0.2) is 30.3 Å². The summed E-state index contributed by atoms with van der Waals surface area (Å²) in [6.45, 7) is 3.82. The van der Waals surface area contributed by atoms with Crippen LogP contribution in [0.1, 0.15) is 31.2 Å². The number of hydrogen-bond donors (Lipinski definition) is 0. The van der Waals surface area contributed by atoms with E-state index in [-0.39, 0.29) is 5.41 Å². The van der Waals surface area contributed by atoms with Gasteiger partial charge in [0.15, 0.2) is 0 Å². The normalized spacial score (nSPS) is 31.6. The molecule has 1 saturated carbocycles. The maximum Gasteiger partial charge on any atom is 0.0823 e. The Morgan fingerprint density at radius 1 is 1.10 bits per heavy atom. The monoisotopic (exact) mass is 270 g/mol. The maximum absolute atomic E-state index is 9.71. The fraction of sp³-hybridized carbons (Fsp3) is 0.588. The predicted octanol–water partition coefficient (Wildman–Crippen LogP) is 2.72. The first-order valence-corrected chi connectivity index (χ1v) is 7.63. The van der Waals surface area contributed by atoms with Gasteiger partial charge < -0.3 is 4.74 Å². The Morgan fingerprint density at radius 3 is 2.35 bits per heavy atom. The van der Waals surface area contributed by atoms with Crippen molar-refractivity contribution in [1.29, 1.82) is 5.26 Å². The van der Waals surface area contributed by atoms with Gasteiger partial charge in [0.25, 0.3) is 0 Å². The second-order valence-electron chi connectivity index (χ2n) is 5.94. The third-order valence-corrected chi connectivity index (χ3v) is 4.91. The van der Waals surface area contributed by atoms with Gasteiger partial charge in [-0.3, -0.25) is 4.90 Å². The first kappa shape index (κ1) is 13.6. The number of rotatable bonds is 2. The summed E-state index contributed by atoms with van der Waals surface area (Å²) in [6.07, 6.45) is 4.22. The topological polar surface area (TPSA) is 36.3 Å². The van der Waals surface area contributed by atoms with Crippen LogP contribution in [-0.4, -0.2) is 37.2 Å². The molecule has 20 heavy (non-hydrogen) atoms. The van der Waals surface area contributed by atoms with Gasteiger partial charge in [-0.05, 0) is 31.2 Å². The van der Waals surface area contributed by atoms with E-state index in [4.69, 9.17) is 4.74 Å². The van der Waals surface area contributed by atoms with Gasteiger partial charge in [-0.1, -0.05) is 30.3 Å².